The molecule has 266 valence electrons. The van der Waals surface area contributed by atoms with Crippen LogP contribution in [0.3, 0.4) is 0 Å². The standard InChI is InChI=1S/C40H49N3O7/c1-4-5-14-23-42-24-15-8-13-20-32(45)41(3)27(2)35(29-18-11-7-12-19-29)49-39(48)33-31-21-22-40(50-31)34(33)37(46)43(36(40)38(42)47)30(26-44)25-28-16-9-6-10-17-28/h6-12,15-19,21-22,27,30-31,33-36,44H,4-5,13-14,20,23-26H2,1-3H3/b15-8-/t27-,30+,31+,33-,34-,35+,36+,40-/m0/s1. The number of carbonyl (C=O) groups excluding carboxylic acids is 4. The van der Waals surface area contributed by atoms with Crippen molar-refractivity contribution in [1.82, 2.24) is 14.7 Å². The van der Waals surface area contributed by atoms with Gasteiger partial charge in [0.2, 0.25) is 17.7 Å². The summed E-state index contributed by atoms with van der Waals surface area (Å²) in [6.45, 7) is 4.33. The van der Waals surface area contributed by atoms with E-state index in [1.165, 1.54) is 4.90 Å². The Morgan fingerprint density at radius 1 is 0.960 bits per heavy atom. The van der Waals surface area contributed by atoms with Gasteiger partial charge in [0.15, 0.2) is 0 Å². The number of nitrogens with zero attached hydrogens (tertiary/aromatic N) is 3. The minimum atomic E-state index is -1.41. The van der Waals surface area contributed by atoms with Crippen LogP contribution in [0.1, 0.15) is 63.2 Å². The van der Waals surface area contributed by atoms with Gasteiger partial charge in [-0.05, 0) is 37.3 Å². The lowest BCUT2D eigenvalue weighted by atomic mass is 9.74. The molecule has 4 aliphatic rings. The molecule has 3 amide bonds. The predicted octanol–water partition coefficient (Wildman–Crippen LogP) is 4.24. The van der Waals surface area contributed by atoms with Crippen LogP contribution >= 0.6 is 0 Å². The van der Waals surface area contributed by atoms with Crippen molar-refractivity contribution in [3.8, 4) is 0 Å². The summed E-state index contributed by atoms with van der Waals surface area (Å²) in [5.41, 5.74) is 0.222. The minimum Gasteiger partial charge on any atom is -0.455 e. The lowest BCUT2D eigenvalue weighted by Gasteiger charge is -2.39. The number of aliphatic hydroxyl groups is 1. The lowest BCUT2D eigenvalue weighted by molar-refractivity contribution is -0.164. The van der Waals surface area contributed by atoms with E-state index in [-0.39, 0.29) is 24.8 Å². The second-order valence-electron chi connectivity index (χ2n) is 14.0. The molecule has 2 aromatic rings. The first-order chi connectivity index (χ1) is 24.2. The number of rotatable bonds is 9. The van der Waals surface area contributed by atoms with Crippen molar-refractivity contribution in [2.45, 2.75) is 88.3 Å². The number of likely N-dealkylation sites (tertiary alicyclic amines) is 1. The van der Waals surface area contributed by atoms with Gasteiger partial charge in [-0.2, -0.15) is 0 Å². The highest BCUT2D eigenvalue weighted by molar-refractivity contribution is 5.99. The Bertz CT molecular complexity index is 1600. The number of hydrogen-bond acceptors (Lipinski definition) is 7. The van der Waals surface area contributed by atoms with E-state index >= 15 is 0 Å². The third-order valence-corrected chi connectivity index (χ3v) is 10.9. The van der Waals surface area contributed by atoms with E-state index in [2.05, 4.69) is 6.92 Å². The summed E-state index contributed by atoms with van der Waals surface area (Å²) in [6, 6.07) is 16.5. The van der Waals surface area contributed by atoms with E-state index in [1.54, 1.807) is 29.0 Å². The maximum Gasteiger partial charge on any atom is 0.313 e. The van der Waals surface area contributed by atoms with Crippen LogP contribution in [-0.2, 0) is 35.1 Å². The number of esters is 1. The second kappa shape index (κ2) is 15.3. The Morgan fingerprint density at radius 3 is 2.38 bits per heavy atom. The number of ether oxygens (including phenoxy) is 2. The molecule has 8 atom stereocenters. The zero-order chi connectivity index (χ0) is 35.4. The maximum absolute atomic E-state index is 14.9. The molecule has 2 saturated heterocycles. The molecule has 0 aromatic heterocycles. The third-order valence-electron chi connectivity index (χ3n) is 10.9. The highest BCUT2D eigenvalue weighted by Crippen LogP contribution is 2.56. The van der Waals surface area contributed by atoms with Gasteiger partial charge in [-0.25, -0.2) is 0 Å². The first-order valence-electron chi connectivity index (χ1n) is 18.0. The minimum absolute atomic E-state index is 0.0946. The van der Waals surface area contributed by atoms with Gasteiger partial charge in [0.1, 0.15) is 23.7 Å². The predicted molar refractivity (Wildman–Crippen MR) is 187 cm³/mol. The van der Waals surface area contributed by atoms with E-state index < -0.39 is 59.6 Å². The molecular weight excluding hydrogens is 634 g/mol. The number of carbonyl (C=O) groups is 4. The van der Waals surface area contributed by atoms with Gasteiger partial charge in [-0.15, -0.1) is 0 Å². The summed E-state index contributed by atoms with van der Waals surface area (Å²) < 4.78 is 13.0. The summed E-state index contributed by atoms with van der Waals surface area (Å²) in [4.78, 5) is 62.4. The Morgan fingerprint density at radius 2 is 1.68 bits per heavy atom. The van der Waals surface area contributed by atoms with Crippen LogP contribution < -0.4 is 0 Å². The van der Waals surface area contributed by atoms with Crippen LogP contribution in [0.2, 0.25) is 0 Å². The van der Waals surface area contributed by atoms with Crippen molar-refractivity contribution in [2.75, 3.05) is 26.7 Å². The first kappa shape index (κ1) is 35.5. The zero-order valence-electron chi connectivity index (χ0n) is 29.2. The monoisotopic (exact) mass is 683 g/mol. The SMILES string of the molecule is CCCCCN1C/C=C\CCC(=O)N(C)[C@@H](C)[C@H](c2ccccc2)OC(=O)[C@@H]2[C@H]3C(=O)N([C@@H](CO)Cc4ccccc4)[C@H](C1=O)[C@]31C=C[C@H]2O1. The van der Waals surface area contributed by atoms with Crippen molar-refractivity contribution >= 4 is 23.7 Å². The second-order valence-corrected chi connectivity index (χ2v) is 14.0. The van der Waals surface area contributed by atoms with Crippen LogP contribution in [0.15, 0.2) is 85.0 Å². The van der Waals surface area contributed by atoms with Gasteiger partial charge < -0.3 is 29.3 Å². The van der Waals surface area contributed by atoms with E-state index in [4.69, 9.17) is 9.47 Å². The van der Waals surface area contributed by atoms with E-state index in [0.29, 0.717) is 25.9 Å². The van der Waals surface area contributed by atoms with Crippen LogP contribution in [0.5, 0.6) is 0 Å². The van der Waals surface area contributed by atoms with Crippen molar-refractivity contribution in [3.63, 3.8) is 0 Å². The molecule has 6 rings (SSSR count). The van der Waals surface area contributed by atoms with Crippen molar-refractivity contribution in [3.05, 3.63) is 96.1 Å². The Balaban J connectivity index is 1.44. The molecule has 10 heteroatoms. The molecule has 2 fully saturated rings. The normalized spacial score (nSPS) is 31.2. The van der Waals surface area contributed by atoms with E-state index in [0.717, 1.165) is 30.4 Å². The fourth-order valence-electron chi connectivity index (χ4n) is 8.13. The Labute approximate surface area is 294 Å². The number of aliphatic hydroxyl groups excluding tert-OH is 1. The number of benzene rings is 2. The van der Waals surface area contributed by atoms with Crippen molar-refractivity contribution < 1.29 is 33.8 Å². The number of likely N-dealkylation sites (N-methyl/N-ethyl adjacent to an activating group) is 1. The lowest BCUT2D eigenvalue weighted by Crippen LogP contribution is -2.59. The molecule has 2 aromatic carbocycles. The molecule has 0 aliphatic carbocycles. The molecule has 4 aliphatic heterocycles. The number of allylic oxidation sites excluding steroid dienone is 1. The molecule has 50 heavy (non-hydrogen) atoms. The van der Waals surface area contributed by atoms with Crippen molar-refractivity contribution in [1.29, 1.82) is 0 Å². The number of unbranched alkanes of at least 4 members (excludes halogenated alkanes) is 2. The smallest absolute Gasteiger partial charge is 0.313 e. The number of hydrogen-bond donors (Lipinski definition) is 1. The topological polar surface area (TPSA) is 117 Å². The van der Waals surface area contributed by atoms with Gasteiger partial charge in [-0.3, -0.25) is 19.2 Å². The van der Waals surface area contributed by atoms with Crippen LogP contribution in [0.25, 0.3) is 0 Å². The third kappa shape index (κ3) is 6.63. The Kier molecular flexibility index (Phi) is 10.9. The summed E-state index contributed by atoms with van der Waals surface area (Å²) >= 11 is 0. The molecule has 4 heterocycles. The fourth-order valence-corrected chi connectivity index (χ4v) is 8.13. The van der Waals surface area contributed by atoms with Gasteiger partial charge in [-0.1, -0.05) is 105 Å². The highest BCUT2D eigenvalue weighted by atomic mass is 16.6. The van der Waals surface area contributed by atoms with Gasteiger partial charge in [0.25, 0.3) is 0 Å². The van der Waals surface area contributed by atoms with Crippen LogP contribution in [-0.4, -0.2) is 100 Å². The Hall–Kier alpha value is -4.28. The molecule has 1 spiro atoms. The first-order valence-corrected chi connectivity index (χ1v) is 18.0. The summed E-state index contributed by atoms with van der Waals surface area (Å²) in [5, 5.41) is 10.8. The van der Waals surface area contributed by atoms with Gasteiger partial charge in [0.05, 0.1) is 30.7 Å². The molecule has 0 unspecified atom stereocenters. The quantitative estimate of drug-likeness (QED) is 0.239. The van der Waals surface area contributed by atoms with Gasteiger partial charge in [0, 0.05) is 26.6 Å². The van der Waals surface area contributed by atoms with Gasteiger partial charge >= 0.3 is 5.97 Å². The molecular formula is C40H49N3O7. The zero-order valence-corrected chi connectivity index (χ0v) is 29.2. The largest absolute Gasteiger partial charge is 0.455 e. The van der Waals surface area contributed by atoms with E-state index in [9.17, 15) is 24.3 Å². The highest BCUT2D eigenvalue weighted by Gasteiger charge is 2.74. The summed E-state index contributed by atoms with van der Waals surface area (Å²) in [6.07, 6.45) is 9.53. The van der Waals surface area contributed by atoms with Crippen LogP contribution in [0.4, 0.5) is 0 Å². The molecule has 5 bridgehead atoms. The average molecular weight is 684 g/mol. The number of cyclic esters (lactones) is 1. The molecule has 1 N–H and O–H groups in total. The average Bonchev–Trinajstić information content (AvgIpc) is 3.78. The van der Waals surface area contributed by atoms with Crippen LogP contribution in [0, 0.1) is 11.8 Å². The van der Waals surface area contributed by atoms with E-state index in [1.807, 2.05) is 79.7 Å². The molecule has 0 radical (unpaired) electrons. The maximum atomic E-state index is 14.9. The summed E-state index contributed by atoms with van der Waals surface area (Å²) in [7, 11) is 1.71. The molecule has 10 nitrogen and oxygen atoms in total. The number of amides is 3. The fraction of sp³-hybridized carbons (Fsp3) is 0.500. The summed E-state index contributed by atoms with van der Waals surface area (Å²) in [5.74, 6) is -3.46. The number of fused-ring (bicyclic) bond motifs is 2. The van der Waals surface area contributed by atoms with Crippen molar-refractivity contribution in [2.24, 2.45) is 11.8 Å². The molecule has 0 saturated carbocycles.